The first-order valence-electron chi connectivity index (χ1n) is 8.50. The maximum Gasteiger partial charge on any atom is 0.240 e. The summed E-state index contributed by atoms with van der Waals surface area (Å²) in [4.78, 5) is 23.7. The Morgan fingerprint density at radius 3 is 2.23 bits per heavy atom. The highest BCUT2D eigenvalue weighted by molar-refractivity contribution is 6.74. The Bertz CT molecular complexity index is 640. The fourth-order valence-electron chi connectivity index (χ4n) is 2.04. The molecule has 0 heterocycles. The van der Waals surface area contributed by atoms with Gasteiger partial charge in [-0.05, 0) is 36.7 Å². The van der Waals surface area contributed by atoms with Gasteiger partial charge in [0, 0.05) is 12.2 Å². The lowest BCUT2D eigenvalue weighted by Crippen LogP contribution is -2.47. The van der Waals surface area contributed by atoms with E-state index >= 15 is 0 Å². The second-order valence-corrected chi connectivity index (χ2v) is 12.6. The number of nitrogens with two attached hydrogens (primary N) is 1. The molecule has 0 saturated heterocycles. The summed E-state index contributed by atoms with van der Waals surface area (Å²) < 4.78 is 33.2. The molecule has 0 aromatic heterocycles. The molecule has 0 aliphatic rings. The number of carbonyl (C=O) groups is 2. The standard InChI is InChI=1S/C18H28F2N2O3Si/c1-18(2,3)26(4,5)25-10-9-15(17(21)24)22-16(23)11-12-13(19)7-6-8-14(12)20/h6-8,15H,9-11H2,1-5H3,(H2,21,24)(H,22,23)/t15-/m0/s1. The predicted octanol–water partition coefficient (Wildman–Crippen LogP) is 2.89. The van der Waals surface area contributed by atoms with Crippen LogP contribution in [0, 0.1) is 11.6 Å². The molecule has 26 heavy (non-hydrogen) atoms. The molecule has 0 unspecified atom stereocenters. The Balaban J connectivity index is 2.66. The van der Waals surface area contributed by atoms with Gasteiger partial charge in [-0.25, -0.2) is 8.78 Å². The topological polar surface area (TPSA) is 81.4 Å². The zero-order chi connectivity index (χ0) is 20.1. The molecule has 0 spiro atoms. The molecule has 1 rings (SSSR count). The molecule has 2 amide bonds. The van der Waals surface area contributed by atoms with Gasteiger partial charge in [-0.1, -0.05) is 26.8 Å². The number of halogens is 2. The van der Waals surface area contributed by atoms with Crippen molar-refractivity contribution in [1.29, 1.82) is 0 Å². The van der Waals surface area contributed by atoms with Gasteiger partial charge >= 0.3 is 0 Å². The number of hydrogen-bond acceptors (Lipinski definition) is 3. The van der Waals surface area contributed by atoms with Crippen LogP contribution in [0.1, 0.15) is 32.8 Å². The highest BCUT2D eigenvalue weighted by Crippen LogP contribution is 2.36. The summed E-state index contributed by atoms with van der Waals surface area (Å²) in [5.41, 5.74) is 4.99. The van der Waals surface area contributed by atoms with Crippen LogP contribution < -0.4 is 11.1 Å². The summed E-state index contributed by atoms with van der Waals surface area (Å²) in [6.07, 6.45) is -0.307. The van der Waals surface area contributed by atoms with Crippen LogP contribution in [0.25, 0.3) is 0 Å². The third-order valence-corrected chi connectivity index (χ3v) is 9.29. The lowest BCUT2D eigenvalue weighted by atomic mass is 10.1. The third kappa shape index (κ3) is 6.17. The Hall–Kier alpha value is -1.80. The van der Waals surface area contributed by atoms with Crippen LogP contribution in [0.2, 0.25) is 18.1 Å². The van der Waals surface area contributed by atoms with E-state index in [-0.39, 0.29) is 23.6 Å². The Kier molecular flexibility index (Phi) is 7.46. The quantitative estimate of drug-likeness (QED) is 0.674. The molecule has 0 fully saturated rings. The van der Waals surface area contributed by atoms with Crippen molar-refractivity contribution in [1.82, 2.24) is 5.32 Å². The molecule has 8 heteroatoms. The summed E-state index contributed by atoms with van der Waals surface area (Å²) in [6.45, 7) is 10.7. The van der Waals surface area contributed by atoms with Gasteiger partial charge in [0.15, 0.2) is 8.32 Å². The summed E-state index contributed by atoms with van der Waals surface area (Å²) in [5, 5.41) is 2.45. The maximum absolute atomic E-state index is 13.6. The summed E-state index contributed by atoms with van der Waals surface area (Å²) in [6, 6.07) is 2.41. The molecule has 1 aromatic carbocycles. The molecule has 0 bridgehead atoms. The molecule has 0 radical (unpaired) electrons. The lowest BCUT2D eigenvalue weighted by Gasteiger charge is -2.36. The van der Waals surface area contributed by atoms with Crippen molar-refractivity contribution in [2.24, 2.45) is 5.73 Å². The molecule has 1 aromatic rings. The van der Waals surface area contributed by atoms with E-state index in [1.165, 1.54) is 6.07 Å². The van der Waals surface area contributed by atoms with Crippen LogP contribution in [0.15, 0.2) is 18.2 Å². The zero-order valence-corrected chi connectivity index (χ0v) is 17.0. The van der Waals surface area contributed by atoms with Crippen LogP contribution in [0.3, 0.4) is 0 Å². The van der Waals surface area contributed by atoms with Gasteiger partial charge in [-0.2, -0.15) is 0 Å². The van der Waals surface area contributed by atoms with Gasteiger partial charge in [0.2, 0.25) is 11.8 Å². The van der Waals surface area contributed by atoms with Gasteiger partial charge in [-0.3, -0.25) is 9.59 Å². The van der Waals surface area contributed by atoms with Crippen molar-refractivity contribution in [3.05, 3.63) is 35.4 Å². The molecule has 0 aliphatic carbocycles. The van der Waals surface area contributed by atoms with Gasteiger partial charge < -0.3 is 15.5 Å². The van der Waals surface area contributed by atoms with Crippen molar-refractivity contribution < 1.29 is 22.8 Å². The van der Waals surface area contributed by atoms with E-state index < -0.39 is 44.2 Å². The van der Waals surface area contributed by atoms with Gasteiger partial charge in [-0.15, -0.1) is 0 Å². The minimum atomic E-state index is -1.99. The minimum Gasteiger partial charge on any atom is -0.417 e. The van der Waals surface area contributed by atoms with Gasteiger partial charge in [0.05, 0.1) is 6.42 Å². The van der Waals surface area contributed by atoms with E-state index in [2.05, 4.69) is 39.2 Å². The normalized spacial score (nSPS) is 13.3. The molecule has 1 atom stereocenters. The Labute approximate surface area is 154 Å². The van der Waals surface area contributed by atoms with Crippen LogP contribution in [-0.4, -0.2) is 32.8 Å². The first-order chi connectivity index (χ1) is 11.8. The second-order valence-electron chi connectivity index (χ2n) is 7.80. The van der Waals surface area contributed by atoms with Crippen LogP contribution >= 0.6 is 0 Å². The fraction of sp³-hybridized carbons (Fsp3) is 0.556. The first kappa shape index (κ1) is 22.2. The summed E-state index contributed by atoms with van der Waals surface area (Å²) in [5.74, 6) is -3.01. The molecule has 3 N–H and O–H groups in total. The minimum absolute atomic E-state index is 0.0147. The van der Waals surface area contributed by atoms with Gasteiger partial charge in [0.25, 0.3) is 0 Å². The van der Waals surface area contributed by atoms with E-state index in [4.69, 9.17) is 10.2 Å². The summed E-state index contributed by atoms with van der Waals surface area (Å²) in [7, 11) is -1.99. The van der Waals surface area contributed by atoms with Crippen LogP contribution in [0.5, 0.6) is 0 Å². The smallest absolute Gasteiger partial charge is 0.240 e. The van der Waals surface area contributed by atoms with Crippen molar-refractivity contribution in [3.8, 4) is 0 Å². The third-order valence-electron chi connectivity index (χ3n) is 4.75. The SMILES string of the molecule is CC(C)(C)[Si](C)(C)OCC[C@H](NC(=O)Cc1c(F)cccc1F)C(N)=O. The number of nitrogens with one attached hydrogen (secondary N) is 1. The van der Waals surface area contributed by atoms with Crippen molar-refractivity contribution >= 4 is 20.1 Å². The van der Waals surface area contributed by atoms with Crippen molar-refractivity contribution in [2.75, 3.05) is 6.61 Å². The highest BCUT2D eigenvalue weighted by atomic mass is 28.4. The molecular formula is C18H28F2N2O3Si. The number of rotatable bonds is 8. The molecule has 0 saturated carbocycles. The number of hydrogen-bond donors (Lipinski definition) is 2. The largest absolute Gasteiger partial charge is 0.417 e. The molecular weight excluding hydrogens is 358 g/mol. The first-order valence-corrected chi connectivity index (χ1v) is 11.4. The van der Waals surface area contributed by atoms with E-state index in [1.54, 1.807) is 0 Å². The monoisotopic (exact) mass is 386 g/mol. The van der Waals surface area contributed by atoms with Crippen LogP contribution in [-0.2, 0) is 20.4 Å². The number of primary amides is 1. The number of benzene rings is 1. The lowest BCUT2D eigenvalue weighted by molar-refractivity contribution is -0.127. The average Bonchev–Trinajstić information content (AvgIpc) is 2.48. The number of carbonyl (C=O) groups excluding carboxylic acids is 2. The van der Waals surface area contributed by atoms with E-state index in [9.17, 15) is 18.4 Å². The zero-order valence-electron chi connectivity index (χ0n) is 16.0. The van der Waals surface area contributed by atoms with Crippen molar-refractivity contribution in [3.63, 3.8) is 0 Å². The van der Waals surface area contributed by atoms with E-state index in [1.807, 2.05) is 0 Å². The van der Waals surface area contributed by atoms with Crippen LogP contribution in [0.4, 0.5) is 8.78 Å². The van der Waals surface area contributed by atoms with Crippen molar-refractivity contribution in [2.45, 2.75) is 57.8 Å². The van der Waals surface area contributed by atoms with Gasteiger partial charge in [0.1, 0.15) is 17.7 Å². The average molecular weight is 387 g/mol. The fourth-order valence-corrected chi connectivity index (χ4v) is 3.10. The number of amides is 2. The molecule has 5 nitrogen and oxygen atoms in total. The van der Waals surface area contributed by atoms with E-state index in [0.29, 0.717) is 0 Å². The Morgan fingerprint density at radius 1 is 1.23 bits per heavy atom. The molecule has 146 valence electrons. The Morgan fingerprint density at radius 2 is 1.77 bits per heavy atom. The maximum atomic E-state index is 13.6. The molecule has 0 aliphatic heterocycles. The highest BCUT2D eigenvalue weighted by Gasteiger charge is 2.37. The summed E-state index contributed by atoms with van der Waals surface area (Å²) >= 11 is 0. The second kappa shape index (κ2) is 8.72. The van der Waals surface area contributed by atoms with E-state index in [0.717, 1.165) is 12.1 Å². The predicted molar refractivity (Wildman–Crippen MR) is 99.0 cm³/mol.